The number of benzene rings is 19. The maximum Gasteiger partial charge on any atom is 0.0547 e. The summed E-state index contributed by atoms with van der Waals surface area (Å²) in [5.74, 6) is 0. The molecule has 0 saturated carbocycles. The smallest absolute Gasteiger partial charge is 0.0547 e. The van der Waals surface area contributed by atoms with Crippen LogP contribution in [0.15, 0.2) is 401 Å². The van der Waals surface area contributed by atoms with Crippen LogP contribution in [0, 0.1) is 0 Å². The van der Waals surface area contributed by atoms with Gasteiger partial charge < -0.3 is 18.3 Å². The van der Waals surface area contributed by atoms with Crippen molar-refractivity contribution in [1.29, 1.82) is 0 Å². The molecule has 4 heterocycles. The average Bonchev–Trinajstić information content (AvgIpc) is 1.70. The third-order valence-corrected chi connectivity index (χ3v) is 24.2. The van der Waals surface area contributed by atoms with Gasteiger partial charge in [-0.2, -0.15) is 0 Å². The van der Waals surface area contributed by atoms with Crippen molar-refractivity contribution in [2.24, 2.45) is 0 Å². The van der Waals surface area contributed by atoms with Crippen LogP contribution in [0.3, 0.4) is 0 Å². The van der Waals surface area contributed by atoms with Crippen LogP contribution in [0.4, 0.5) is 0 Å². The summed E-state index contributed by atoms with van der Waals surface area (Å²) in [7, 11) is 0. The predicted molar refractivity (Wildman–Crippen MR) is 484 cm³/mol. The van der Waals surface area contributed by atoms with E-state index in [-0.39, 0.29) is 0 Å². The number of fused-ring (bicyclic) bond motifs is 23. The summed E-state index contributed by atoms with van der Waals surface area (Å²) in [4.78, 5) is 0. The molecule has 0 radical (unpaired) electrons. The average molecular weight is 1440 g/mol. The lowest BCUT2D eigenvalue weighted by Crippen LogP contribution is -1.95. The van der Waals surface area contributed by atoms with E-state index in [0.29, 0.717) is 0 Å². The molecule has 0 unspecified atom stereocenters. The van der Waals surface area contributed by atoms with Gasteiger partial charge in [0, 0.05) is 65.8 Å². The van der Waals surface area contributed by atoms with E-state index >= 15 is 0 Å². The molecule has 0 N–H and O–H groups in total. The molecule has 19 aromatic carbocycles. The predicted octanol–water partition coefficient (Wildman–Crippen LogP) is 29.9. The highest BCUT2D eigenvalue weighted by atomic mass is 15.0. The summed E-state index contributed by atoms with van der Waals surface area (Å²) in [6.07, 6.45) is 8.23. The van der Waals surface area contributed by atoms with Crippen LogP contribution in [0.2, 0.25) is 0 Å². The van der Waals surface area contributed by atoms with E-state index < -0.39 is 0 Å². The SMILES string of the molecule is C=C/C(=C\C=C/C)n1c2ccccc2c2cc(-c3ccc4c5c(-c6ccc7c(ccc8cc(-c9ccc(-n%10c%11ccccc%11c%11ccc(-c%12ccc%13c(c%12)c%12ccccc%12n%13-c%12ccccc%12)cc%11%10)cc9)c9ccccc9c87)c6)cccc5n(-c5ccc(-c6ccc7c8ccccc8c8ccccc8c7c6)cc5)c4c3)ccc21. The Labute approximate surface area is 652 Å². The summed E-state index contributed by atoms with van der Waals surface area (Å²) in [6, 6.07) is 138. The zero-order chi connectivity index (χ0) is 74.5. The van der Waals surface area contributed by atoms with Crippen LogP contribution in [-0.2, 0) is 0 Å². The topological polar surface area (TPSA) is 19.7 Å². The van der Waals surface area contributed by atoms with Crippen molar-refractivity contribution < 1.29 is 0 Å². The van der Waals surface area contributed by atoms with Gasteiger partial charge in [-0.25, -0.2) is 0 Å². The second-order valence-electron chi connectivity index (χ2n) is 30.2. The van der Waals surface area contributed by atoms with Crippen LogP contribution >= 0.6 is 0 Å². The first-order valence-corrected chi connectivity index (χ1v) is 39.1. The molecule has 0 aliphatic heterocycles. The molecule has 23 aromatic rings. The molecule has 4 nitrogen and oxygen atoms in total. The highest BCUT2D eigenvalue weighted by molar-refractivity contribution is 6.27. The lowest BCUT2D eigenvalue weighted by molar-refractivity contribution is 1.18. The summed E-state index contributed by atoms with van der Waals surface area (Å²) < 4.78 is 9.66. The van der Waals surface area contributed by atoms with Crippen LogP contribution in [0.5, 0.6) is 0 Å². The van der Waals surface area contributed by atoms with Gasteiger partial charge in [0.1, 0.15) is 0 Å². The van der Waals surface area contributed by atoms with Crippen LogP contribution in [0.25, 0.3) is 230 Å². The fourth-order valence-corrected chi connectivity index (χ4v) is 19.1. The van der Waals surface area contributed by atoms with Crippen molar-refractivity contribution in [2.75, 3.05) is 0 Å². The standard InChI is InChI=1S/C109H70N4/c1-3-5-22-78(4-2)110-101-36-19-16-31-91(101)98-63-72(49-59-103(98)110)74-47-58-95-107(67-74)113(81-51-41-68(42-52-81)70-45-56-89-86-27-10-9-25-84(86)85-26-11-12-28-87(85)97(89)62-70)105-38-21-34-82(109(95)105)76-48-55-83-75(61-76)39-40-77-65-96(88-29-13-14-33-94(88)108(77)83)69-43-53-80(54-44-69)112-100-35-18-15-30-90(100)93-57-46-73(66-106(93)112)71-50-60-104-99(64-71)92-32-17-20-37-102(92)111(104)79-23-7-6-8-24-79/h3-67H,2H2,1H3/b5-3-,78-22+. The minimum Gasteiger partial charge on any atom is -0.309 e. The van der Waals surface area contributed by atoms with Gasteiger partial charge in [-0.3, -0.25) is 0 Å². The van der Waals surface area contributed by atoms with Gasteiger partial charge in [0.2, 0.25) is 0 Å². The van der Waals surface area contributed by atoms with Crippen LogP contribution in [-0.4, -0.2) is 18.3 Å². The Balaban J connectivity index is 0.628. The van der Waals surface area contributed by atoms with Gasteiger partial charge >= 0.3 is 0 Å². The zero-order valence-corrected chi connectivity index (χ0v) is 62.0. The van der Waals surface area contributed by atoms with Crippen molar-refractivity contribution in [3.63, 3.8) is 0 Å². The summed E-state index contributed by atoms with van der Waals surface area (Å²) in [5.41, 5.74) is 25.6. The van der Waals surface area contributed by atoms with Gasteiger partial charge in [-0.05, 0) is 255 Å². The fourth-order valence-electron chi connectivity index (χ4n) is 19.1. The van der Waals surface area contributed by atoms with E-state index in [4.69, 9.17) is 0 Å². The molecule has 0 spiro atoms. The van der Waals surface area contributed by atoms with E-state index in [0.717, 1.165) is 56.0 Å². The first-order chi connectivity index (χ1) is 56.0. The second kappa shape index (κ2) is 25.4. The van der Waals surface area contributed by atoms with Gasteiger partial charge in [0.25, 0.3) is 0 Å². The Kier molecular flexibility index (Phi) is 14.4. The summed E-state index contributed by atoms with van der Waals surface area (Å²) >= 11 is 0. The minimum absolute atomic E-state index is 1.03. The Hall–Kier alpha value is -14.8. The third-order valence-electron chi connectivity index (χ3n) is 24.2. The molecule has 23 rings (SSSR count). The normalized spacial score (nSPS) is 12.3. The molecular weight excluding hydrogens is 1370 g/mol. The Morgan fingerprint density at radius 2 is 0.637 bits per heavy atom. The minimum atomic E-state index is 1.03. The van der Waals surface area contributed by atoms with Gasteiger partial charge in [0.05, 0.1) is 44.1 Å². The molecule has 0 saturated heterocycles. The van der Waals surface area contributed by atoms with Crippen molar-refractivity contribution >= 4 is 158 Å². The van der Waals surface area contributed by atoms with Gasteiger partial charge in [0.15, 0.2) is 0 Å². The number of para-hydroxylation sites is 4. The molecule has 0 amide bonds. The number of hydrogen-bond acceptors (Lipinski definition) is 0. The highest BCUT2D eigenvalue weighted by Gasteiger charge is 2.23. The molecule has 0 fully saturated rings. The maximum atomic E-state index is 4.26. The Morgan fingerprint density at radius 3 is 1.30 bits per heavy atom. The Morgan fingerprint density at radius 1 is 0.230 bits per heavy atom. The third kappa shape index (κ3) is 9.90. The maximum absolute atomic E-state index is 4.26. The summed E-state index contributed by atoms with van der Waals surface area (Å²) in [5, 5.41) is 24.8. The molecule has 526 valence electrons. The molecule has 113 heavy (non-hydrogen) atoms. The first-order valence-electron chi connectivity index (χ1n) is 39.1. The number of allylic oxidation sites excluding steroid dienone is 5. The zero-order valence-electron chi connectivity index (χ0n) is 62.0. The first kappa shape index (κ1) is 64.2. The van der Waals surface area contributed by atoms with Crippen molar-refractivity contribution in [3.8, 4) is 72.7 Å². The molecule has 0 aliphatic carbocycles. The molecule has 0 atom stereocenters. The molecule has 0 bridgehead atoms. The second-order valence-corrected chi connectivity index (χ2v) is 30.2. The number of rotatable bonds is 11. The number of nitrogens with zero attached hydrogens (tertiary/aromatic N) is 4. The van der Waals surface area contributed by atoms with E-state index in [2.05, 4.69) is 413 Å². The van der Waals surface area contributed by atoms with Crippen LogP contribution < -0.4 is 0 Å². The van der Waals surface area contributed by atoms with E-state index in [1.807, 2.05) is 13.0 Å². The van der Waals surface area contributed by atoms with Crippen molar-refractivity contribution in [2.45, 2.75) is 6.92 Å². The molecule has 0 aliphatic rings. The van der Waals surface area contributed by atoms with Crippen molar-refractivity contribution in [1.82, 2.24) is 18.3 Å². The van der Waals surface area contributed by atoms with Gasteiger partial charge in [-0.1, -0.05) is 274 Å². The molecule has 4 aromatic heterocycles. The fraction of sp³-hybridized carbons (Fsp3) is 0.00917. The van der Waals surface area contributed by atoms with Gasteiger partial charge in [-0.15, -0.1) is 0 Å². The van der Waals surface area contributed by atoms with Crippen molar-refractivity contribution in [3.05, 3.63) is 401 Å². The lowest BCUT2D eigenvalue weighted by atomic mass is 9.89. The summed E-state index contributed by atoms with van der Waals surface area (Å²) in [6.45, 7) is 6.31. The molecular formula is C109H70N4. The monoisotopic (exact) mass is 1430 g/mol. The van der Waals surface area contributed by atoms with Crippen LogP contribution in [0.1, 0.15) is 6.92 Å². The number of hydrogen-bond donors (Lipinski definition) is 0. The largest absolute Gasteiger partial charge is 0.309 e. The Bertz CT molecular complexity index is 8010. The highest BCUT2D eigenvalue weighted by Crippen LogP contribution is 2.47. The van der Waals surface area contributed by atoms with E-state index in [1.165, 1.54) is 174 Å². The number of aromatic nitrogens is 4. The lowest BCUT2D eigenvalue weighted by Gasteiger charge is -2.15. The quantitative estimate of drug-likeness (QED) is 0.0908. The van der Waals surface area contributed by atoms with E-state index in [9.17, 15) is 0 Å². The van der Waals surface area contributed by atoms with E-state index in [1.54, 1.807) is 0 Å². The molecule has 4 heteroatoms.